The number of rotatable bonds is 3. The molecule has 0 aliphatic carbocycles. The number of pyridine rings is 1. The van der Waals surface area contributed by atoms with E-state index in [1.54, 1.807) is 16.5 Å². The molecular weight excluding hydrogens is 336 g/mol. The minimum absolute atomic E-state index is 0.110. The van der Waals surface area contributed by atoms with E-state index in [2.05, 4.69) is 29.1 Å². The molecule has 0 unspecified atom stereocenters. The Labute approximate surface area is 157 Å². The van der Waals surface area contributed by atoms with Crippen molar-refractivity contribution in [1.82, 2.24) is 9.38 Å². The molecule has 0 saturated heterocycles. The van der Waals surface area contributed by atoms with Gasteiger partial charge in [-0.2, -0.15) is 0 Å². The Morgan fingerprint density at radius 2 is 1.67 bits per heavy atom. The first kappa shape index (κ1) is 17.0. The third-order valence-electron chi connectivity index (χ3n) is 4.68. The molecule has 2 heterocycles. The van der Waals surface area contributed by atoms with Gasteiger partial charge in [-0.15, -0.1) is 10.2 Å². The molecule has 0 amide bonds. The van der Waals surface area contributed by atoms with Gasteiger partial charge < -0.3 is 5.11 Å². The number of hydrogen-bond acceptors (Lipinski definition) is 4. The van der Waals surface area contributed by atoms with Crippen LogP contribution in [-0.4, -0.2) is 14.5 Å². The van der Waals surface area contributed by atoms with Crippen LogP contribution in [-0.2, 0) is 0 Å². The number of aryl methyl sites for hydroxylation is 3. The molecule has 0 radical (unpaired) electrons. The molecule has 0 aliphatic heterocycles. The fourth-order valence-corrected chi connectivity index (χ4v) is 2.93. The van der Waals surface area contributed by atoms with Gasteiger partial charge >= 0.3 is 0 Å². The van der Waals surface area contributed by atoms with E-state index in [9.17, 15) is 5.11 Å². The summed E-state index contributed by atoms with van der Waals surface area (Å²) in [6.07, 6.45) is 1.83. The molecule has 0 bridgehead atoms. The number of fused-ring (bicyclic) bond motifs is 1. The minimum Gasteiger partial charge on any atom is -0.504 e. The minimum atomic E-state index is 0.110. The molecule has 1 N–H and O–H groups in total. The molecule has 0 spiro atoms. The van der Waals surface area contributed by atoms with Crippen LogP contribution in [0.3, 0.4) is 0 Å². The lowest BCUT2D eigenvalue weighted by Gasteiger charge is -2.02. The van der Waals surface area contributed by atoms with Crippen molar-refractivity contribution < 1.29 is 5.11 Å². The van der Waals surface area contributed by atoms with Gasteiger partial charge in [-0.1, -0.05) is 35.9 Å². The van der Waals surface area contributed by atoms with Crippen molar-refractivity contribution in [2.45, 2.75) is 20.8 Å². The highest BCUT2D eigenvalue weighted by Gasteiger charge is 2.16. The van der Waals surface area contributed by atoms with Crippen LogP contribution < -0.4 is 0 Å². The second kappa shape index (κ2) is 6.68. The molecule has 0 fully saturated rings. The molecule has 2 aromatic heterocycles. The van der Waals surface area contributed by atoms with E-state index in [1.807, 2.05) is 55.6 Å². The predicted octanol–water partition coefficient (Wildman–Crippen LogP) is 6.05. The van der Waals surface area contributed by atoms with Gasteiger partial charge in [0.05, 0.1) is 5.69 Å². The summed E-state index contributed by atoms with van der Waals surface area (Å²) in [5.41, 5.74) is 6.41. The summed E-state index contributed by atoms with van der Waals surface area (Å²) in [7, 11) is 0. The molecular formula is C22H20N4O. The van der Waals surface area contributed by atoms with Gasteiger partial charge in [-0.05, 0) is 56.2 Å². The lowest BCUT2D eigenvalue weighted by Crippen LogP contribution is -1.83. The zero-order valence-electron chi connectivity index (χ0n) is 15.5. The summed E-state index contributed by atoms with van der Waals surface area (Å²) >= 11 is 0. The molecule has 27 heavy (non-hydrogen) atoms. The lowest BCUT2D eigenvalue weighted by atomic mass is 10.1. The Morgan fingerprint density at radius 3 is 2.41 bits per heavy atom. The van der Waals surface area contributed by atoms with E-state index in [1.165, 1.54) is 16.7 Å². The summed E-state index contributed by atoms with van der Waals surface area (Å²) in [6.45, 7) is 6.16. The first-order chi connectivity index (χ1) is 13.0. The Balaban J connectivity index is 1.88. The molecule has 0 atom stereocenters. The molecule has 4 rings (SSSR count). The summed E-state index contributed by atoms with van der Waals surface area (Å²) < 4.78 is 1.76. The number of hydrogen-bond donors (Lipinski definition) is 1. The smallest absolute Gasteiger partial charge is 0.187 e. The molecule has 5 nitrogen and oxygen atoms in total. The van der Waals surface area contributed by atoms with Crippen LogP contribution in [0.15, 0.2) is 71.0 Å². The summed E-state index contributed by atoms with van der Waals surface area (Å²) in [5.74, 6) is 0.696. The maximum atomic E-state index is 10.2. The van der Waals surface area contributed by atoms with Crippen molar-refractivity contribution in [2.24, 2.45) is 10.2 Å². The van der Waals surface area contributed by atoms with Crippen molar-refractivity contribution >= 4 is 17.2 Å². The van der Waals surface area contributed by atoms with Crippen LogP contribution in [0, 0.1) is 20.8 Å². The normalized spacial score (nSPS) is 11.5. The Morgan fingerprint density at radius 1 is 0.889 bits per heavy atom. The van der Waals surface area contributed by atoms with Crippen LogP contribution in [0.25, 0.3) is 16.9 Å². The number of nitrogens with zero attached hydrogens (tertiary/aromatic N) is 4. The third kappa shape index (κ3) is 3.19. The Kier molecular flexibility index (Phi) is 4.20. The number of imidazole rings is 1. The van der Waals surface area contributed by atoms with Gasteiger partial charge in [0, 0.05) is 11.8 Å². The molecule has 0 saturated carbocycles. The number of benzene rings is 2. The average Bonchev–Trinajstić information content (AvgIpc) is 3.03. The lowest BCUT2D eigenvalue weighted by molar-refractivity contribution is 0.477. The van der Waals surface area contributed by atoms with Crippen molar-refractivity contribution in [1.29, 1.82) is 0 Å². The van der Waals surface area contributed by atoms with Gasteiger partial charge in [-0.3, -0.25) is 4.40 Å². The van der Waals surface area contributed by atoms with Crippen LogP contribution in [0.1, 0.15) is 16.7 Å². The SMILES string of the molecule is Cc1ccc(-c2nc3c(O)cccn3c2N=Nc2ccc(C)c(C)c2)cc1. The Bertz CT molecular complexity index is 1160. The van der Waals surface area contributed by atoms with Gasteiger partial charge in [0.25, 0.3) is 0 Å². The highest BCUT2D eigenvalue weighted by molar-refractivity contribution is 5.76. The molecule has 4 aromatic rings. The maximum absolute atomic E-state index is 10.2. The van der Waals surface area contributed by atoms with E-state index in [-0.39, 0.29) is 5.75 Å². The van der Waals surface area contributed by atoms with E-state index < -0.39 is 0 Å². The standard InChI is InChI=1S/C22H20N4O/c1-14-6-9-17(10-7-14)20-22(26-12-4-5-19(27)21(26)23-20)25-24-18-11-8-15(2)16(3)13-18/h4-13,27H,1-3H3. The van der Waals surface area contributed by atoms with E-state index in [0.717, 1.165) is 11.3 Å². The van der Waals surface area contributed by atoms with Crippen LogP contribution in [0.2, 0.25) is 0 Å². The fraction of sp³-hybridized carbons (Fsp3) is 0.136. The van der Waals surface area contributed by atoms with Gasteiger partial charge in [0.15, 0.2) is 17.2 Å². The largest absolute Gasteiger partial charge is 0.504 e. The topological polar surface area (TPSA) is 62.2 Å². The first-order valence-corrected chi connectivity index (χ1v) is 8.79. The summed E-state index contributed by atoms with van der Waals surface area (Å²) in [6, 6.07) is 17.4. The van der Waals surface area contributed by atoms with E-state index in [0.29, 0.717) is 17.2 Å². The van der Waals surface area contributed by atoms with Gasteiger partial charge in [0.1, 0.15) is 5.69 Å². The van der Waals surface area contributed by atoms with Crippen molar-refractivity contribution in [3.8, 4) is 17.0 Å². The van der Waals surface area contributed by atoms with Crippen molar-refractivity contribution in [2.75, 3.05) is 0 Å². The van der Waals surface area contributed by atoms with Crippen LogP contribution in [0.4, 0.5) is 11.5 Å². The zero-order valence-corrected chi connectivity index (χ0v) is 15.5. The second-order valence-corrected chi connectivity index (χ2v) is 6.71. The van der Waals surface area contributed by atoms with Crippen LogP contribution >= 0.6 is 0 Å². The van der Waals surface area contributed by atoms with E-state index >= 15 is 0 Å². The number of azo groups is 1. The number of aromatic hydroxyl groups is 1. The fourth-order valence-electron chi connectivity index (χ4n) is 2.93. The summed E-state index contributed by atoms with van der Waals surface area (Å²) in [5, 5.41) is 19.1. The van der Waals surface area contributed by atoms with Gasteiger partial charge in [-0.25, -0.2) is 4.98 Å². The Hall–Kier alpha value is -3.47. The quantitative estimate of drug-likeness (QED) is 0.454. The van der Waals surface area contributed by atoms with Crippen LogP contribution in [0.5, 0.6) is 5.75 Å². The van der Waals surface area contributed by atoms with Gasteiger partial charge in [0.2, 0.25) is 0 Å². The van der Waals surface area contributed by atoms with Crippen molar-refractivity contribution in [3.63, 3.8) is 0 Å². The maximum Gasteiger partial charge on any atom is 0.187 e. The summed E-state index contributed by atoms with van der Waals surface area (Å²) in [4.78, 5) is 4.62. The molecule has 2 aromatic carbocycles. The zero-order chi connectivity index (χ0) is 19.0. The monoisotopic (exact) mass is 356 g/mol. The average molecular weight is 356 g/mol. The van der Waals surface area contributed by atoms with Crippen molar-refractivity contribution in [3.05, 3.63) is 77.5 Å². The third-order valence-corrected chi connectivity index (χ3v) is 4.68. The highest BCUT2D eigenvalue weighted by Crippen LogP contribution is 2.34. The molecule has 134 valence electrons. The molecule has 0 aliphatic rings. The predicted molar refractivity (Wildman–Crippen MR) is 107 cm³/mol. The molecule has 5 heteroatoms. The first-order valence-electron chi connectivity index (χ1n) is 8.79. The number of aromatic nitrogens is 2. The second-order valence-electron chi connectivity index (χ2n) is 6.71. The highest BCUT2D eigenvalue weighted by atomic mass is 16.3. The van der Waals surface area contributed by atoms with E-state index in [4.69, 9.17) is 0 Å².